The second kappa shape index (κ2) is 6.52. The van der Waals surface area contributed by atoms with Crippen molar-refractivity contribution in [2.24, 2.45) is 0 Å². The minimum atomic E-state index is -0.280. The lowest BCUT2D eigenvalue weighted by atomic mass is 9.93. The van der Waals surface area contributed by atoms with Crippen molar-refractivity contribution in [3.63, 3.8) is 0 Å². The predicted octanol–water partition coefficient (Wildman–Crippen LogP) is 2.86. The van der Waals surface area contributed by atoms with Gasteiger partial charge < -0.3 is 14.6 Å². The molecule has 5 heteroatoms. The first-order valence-corrected chi connectivity index (χ1v) is 7.49. The molecule has 0 unspecified atom stereocenters. The second-order valence-electron chi connectivity index (χ2n) is 5.50. The van der Waals surface area contributed by atoms with Gasteiger partial charge in [-0.1, -0.05) is 24.3 Å². The average Bonchev–Trinajstić information content (AvgIpc) is 3.06. The Labute approximate surface area is 134 Å². The van der Waals surface area contributed by atoms with Crippen LogP contribution >= 0.6 is 0 Å². The number of hydrogen-bond donors (Lipinski definition) is 1. The molecule has 0 fully saturated rings. The molecule has 0 radical (unpaired) electrons. The van der Waals surface area contributed by atoms with Crippen molar-refractivity contribution in [3.8, 4) is 0 Å². The standard InChI is InChI=1S/C18H18N2O3/c1-13(21)20-8-6-15-4-2-3-5-16(15)17(20)10-18(22)19-11-14-7-9-23-12-14/h2-9,12,17H,10-11H2,1H3,(H,19,22)/t17-/m0/s1. The molecule has 5 nitrogen and oxygen atoms in total. The van der Waals surface area contributed by atoms with Crippen molar-refractivity contribution in [1.82, 2.24) is 10.2 Å². The summed E-state index contributed by atoms with van der Waals surface area (Å²) in [5.74, 6) is -0.184. The molecule has 3 rings (SSSR count). The van der Waals surface area contributed by atoms with Gasteiger partial charge in [-0.05, 0) is 23.3 Å². The van der Waals surface area contributed by atoms with E-state index in [0.717, 1.165) is 16.7 Å². The van der Waals surface area contributed by atoms with Gasteiger partial charge in [-0.2, -0.15) is 0 Å². The fourth-order valence-corrected chi connectivity index (χ4v) is 2.75. The second-order valence-corrected chi connectivity index (χ2v) is 5.50. The van der Waals surface area contributed by atoms with E-state index in [0.29, 0.717) is 6.54 Å². The van der Waals surface area contributed by atoms with Gasteiger partial charge in [0.2, 0.25) is 11.8 Å². The lowest BCUT2D eigenvalue weighted by Gasteiger charge is -2.32. The van der Waals surface area contributed by atoms with Gasteiger partial charge in [-0.25, -0.2) is 0 Å². The van der Waals surface area contributed by atoms with Crippen LogP contribution in [0.5, 0.6) is 0 Å². The molecule has 1 atom stereocenters. The highest BCUT2D eigenvalue weighted by molar-refractivity contribution is 5.81. The third-order valence-electron chi connectivity index (χ3n) is 3.92. The summed E-state index contributed by atoms with van der Waals surface area (Å²) in [5.41, 5.74) is 2.94. The van der Waals surface area contributed by atoms with E-state index < -0.39 is 0 Å². The highest BCUT2D eigenvalue weighted by atomic mass is 16.3. The van der Waals surface area contributed by atoms with E-state index in [1.54, 1.807) is 29.7 Å². The van der Waals surface area contributed by atoms with Gasteiger partial charge in [-0.15, -0.1) is 0 Å². The number of carbonyl (C=O) groups is 2. The van der Waals surface area contributed by atoms with E-state index in [1.165, 1.54) is 6.92 Å². The van der Waals surface area contributed by atoms with Gasteiger partial charge in [-0.3, -0.25) is 9.59 Å². The van der Waals surface area contributed by atoms with Crippen LogP contribution in [0, 0.1) is 0 Å². The highest BCUT2D eigenvalue weighted by Crippen LogP contribution is 2.32. The minimum absolute atomic E-state index is 0.0802. The molecule has 2 aromatic rings. The molecule has 0 saturated carbocycles. The number of amides is 2. The molecule has 2 heterocycles. The summed E-state index contributed by atoms with van der Waals surface area (Å²) in [6.07, 6.45) is 7.04. The SMILES string of the molecule is CC(=O)N1C=Cc2ccccc2[C@@H]1CC(=O)NCc1ccoc1. The summed E-state index contributed by atoms with van der Waals surface area (Å²) in [7, 11) is 0. The van der Waals surface area contributed by atoms with Crippen LogP contribution in [0.25, 0.3) is 6.08 Å². The van der Waals surface area contributed by atoms with Crippen LogP contribution in [0.1, 0.15) is 36.1 Å². The third-order valence-corrected chi connectivity index (χ3v) is 3.92. The zero-order valence-electron chi connectivity index (χ0n) is 12.9. The maximum atomic E-state index is 12.3. The van der Waals surface area contributed by atoms with Gasteiger partial charge in [0.05, 0.1) is 25.0 Å². The van der Waals surface area contributed by atoms with Crippen molar-refractivity contribution >= 4 is 17.9 Å². The Bertz CT molecular complexity index is 734. The molecular formula is C18H18N2O3. The Balaban J connectivity index is 1.74. The smallest absolute Gasteiger partial charge is 0.223 e. The van der Waals surface area contributed by atoms with Crippen LogP contribution in [-0.4, -0.2) is 16.7 Å². The number of carbonyl (C=O) groups excluding carboxylic acids is 2. The summed E-state index contributed by atoms with van der Waals surface area (Å²) in [4.78, 5) is 25.8. The molecule has 1 aromatic heterocycles. The Morgan fingerprint density at radius 1 is 1.26 bits per heavy atom. The first-order valence-electron chi connectivity index (χ1n) is 7.49. The van der Waals surface area contributed by atoms with E-state index in [4.69, 9.17) is 4.42 Å². The fourth-order valence-electron chi connectivity index (χ4n) is 2.75. The number of benzene rings is 1. The van der Waals surface area contributed by atoms with Crippen LogP contribution in [0.4, 0.5) is 0 Å². The maximum Gasteiger partial charge on any atom is 0.223 e. The van der Waals surface area contributed by atoms with Gasteiger partial charge in [0, 0.05) is 25.2 Å². The third kappa shape index (κ3) is 3.34. The van der Waals surface area contributed by atoms with Crippen LogP contribution in [0.15, 0.2) is 53.5 Å². The molecule has 1 aromatic carbocycles. The summed E-state index contributed by atoms with van der Waals surface area (Å²) in [6, 6.07) is 9.34. The summed E-state index contributed by atoms with van der Waals surface area (Å²) >= 11 is 0. The number of nitrogens with zero attached hydrogens (tertiary/aromatic N) is 1. The first-order chi connectivity index (χ1) is 11.1. The maximum absolute atomic E-state index is 12.3. The number of fused-ring (bicyclic) bond motifs is 1. The summed E-state index contributed by atoms with van der Waals surface area (Å²) < 4.78 is 4.98. The number of hydrogen-bond acceptors (Lipinski definition) is 3. The molecule has 1 aliphatic rings. The first kappa shape index (κ1) is 15.1. The molecule has 2 amide bonds. The fraction of sp³-hybridized carbons (Fsp3) is 0.222. The molecular weight excluding hydrogens is 292 g/mol. The quantitative estimate of drug-likeness (QED) is 0.944. The Kier molecular flexibility index (Phi) is 4.28. The highest BCUT2D eigenvalue weighted by Gasteiger charge is 2.27. The lowest BCUT2D eigenvalue weighted by molar-refractivity contribution is -0.130. The summed E-state index contributed by atoms with van der Waals surface area (Å²) in [6.45, 7) is 1.92. The minimum Gasteiger partial charge on any atom is -0.472 e. The van der Waals surface area contributed by atoms with Crippen LogP contribution in [0.2, 0.25) is 0 Å². The monoisotopic (exact) mass is 310 g/mol. The molecule has 118 valence electrons. The van der Waals surface area contributed by atoms with E-state index in [1.807, 2.05) is 30.3 Å². The van der Waals surface area contributed by atoms with Crippen molar-refractivity contribution in [3.05, 3.63) is 65.7 Å². The van der Waals surface area contributed by atoms with Crippen molar-refractivity contribution < 1.29 is 14.0 Å². The van der Waals surface area contributed by atoms with Crippen LogP contribution in [0.3, 0.4) is 0 Å². The Morgan fingerprint density at radius 2 is 2.09 bits per heavy atom. The number of nitrogens with one attached hydrogen (secondary N) is 1. The molecule has 1 N–H and O–H groups in total. The van der Waals surface area contributed by atoms with Gasteiger partial charge in [0.1, 0.15) is 0 Å². The molecule has 0 spiro atoms. The number of rotatable bonds is 4. The predicted molar refractivity (Wildman–Crippen MR) is 85.9 cm³/mol. The zero-order chi connectivity index (χ0) is 16.2. The number of furan rings is 1. The molecule has 0 bridgehead atoms. The topological polar surface area (TPSA) is 62.6 Å². The molecule has 1 aliphatic heterocycles. The largest absolute Gasteiger partial charge is 0.472 e. The zero-order valence-corrected chi connectivity index (χ0v) is 12.9. The summed E-state index contributed by atoms with van der Waals surface area (Å²) in [5, 5.41) is 2.86. The van der Waals surface area contributed by atoms with Crippen molar-refractivity contribution in [2.45, 2.75) is 25.9 Å². The van der Waals surface area contributed by atoms with E-state index >= 15 is 0 Å². The Morgan fingerprint density at radius 3 is 2.83 bits per heavy atom. The normalized spacial score (nSPS) is 16.0. The van der Waals surface area contributed by atoms with E-state index in [-0.39, 0.29) is 24.3 Å². The molecule has 0 aliphatic carbocycles. The van der Waals surface area contributed by atoms with Crippen molar-refractivity contribution in [2.75, 3.05) is 0 Å². The molecule has 0 saturated heterocycles. The van der Waals surface area contributed by atoms with Gasteiger partial charge in [0.25, 0.3) is 0 Å². The van der Waals surface area contributed by atoms with Gasteiger partial charge in [0.15, 0.2) is 0 Å². The van der Waals surface area contributed by atoms with Crippen molar-refractivity contribution in [1.29, 1.82) is 0 Å². The van der Waals surface area contributed by atoms with E-state index in [2.05, 4.69) is 5.32 Å². The molecule has 23 heavy (non-hydrogen) atoms. The van der Waals surface area contributed by atoms with Crippen LogP contribution in [-0.2, 0) is 16.1 Å². The lowest BCUT2D eigenvalue weighted by Crippen LogP contribution is -2.35. The van der Waals surface area contributed by atoms with E-state index in [9.17, 15) is 9.59 Å². The average molecular weight is 310 g/mol. The van der Waals surface area contributed by atoms with Crippen LogP contribution < -0.4 is 5.32 Å². The van der Waals surface area contributed by atoms with Gasteiger partial charge >= 0.3 is 0 Å². The Hall–Kier alpha value is -2.82.